The Kier molecular flexibility index (Phi) is 3.19. The summed E-state index contributed by atoms with van der Waals surface area (Å²) in [5, 5.41) is 19.3. The summed E-state index contributed by atoms with van der Waals surface area (Å²) in [5.74, 6) is -0.951. The molecule has 1 aromatic heterocycles. The van der Waals surface area contributed by atoms with Crippen LogP contribution in [0.1, 0.15) is 27.0 Å². The lowest BCUT2D eigenvalue weighted by molar-refractivity contribution is 0.0697. The minimum Gasteiger partial charge on any atom is -0.478 e. The van der Waals surface area contributed by atoms with Gasteiger partial charge in [-0.05, 0) is 55.3 Å². The van der Waals surface area contributed by atoms with E-state index in [-0.39, 0.29) is 5.56 Å². The maximum absolute atomic E-state index is 11.0. The maximum Gasteiger partial charge on any atom is 0.335 e. The van der Waals surface area contributed by atoms with Crippen molar-refractivity contribution < 1.29 is 9.90 Å². The maximum atomic E-state index is 11.0. The quantitative estimate of drug-likeness (QED) is 0.780. The van der Waals surface area contributed by atoms with Crippen LogP contribution in [0, 0.1) is 25.2 Å². The highest BCUT2D eigenvalue weighted by atomic mass is 16.4. The van der Waals surface area contributed by atoms with Crippen molar-refractivity contribution in [3.8, 4) is 11.8 Å². The number of nitrogens with zero attached hydrogens (tertiary/aromatic N) is 2. The SMILES string of the molecule is Cc1cc(C)c2c(C#N)cn(-c3ccc(C(=O)O)cc3)c2c1. The normalized spacial score (nSPS) is 10.6. The highest BCUT2D eigenvalue weighted by Gasteiger charge is 2.13. The van der Waals surface area contributed by atoms with Crippen molar-refractivity contribution in [3.63, 3.8) is 0 Å². The Morgan fingerprint density at radius 2 is 1.86 bits per heavy atom. The number of benzene rings is 2. The molecule has 0 saturated carbocycles. The summed E-state index contributed by atoms with van der Waals surface area (Å²) in [6, 6.07) is 13.0. The summed E-state index contributed by atoms with van der Waals surface area (Å²) in [6.07, 6.45) is 1.80. The first-order valence-corrected chi connectivity index (χ1v) is 6.87. The number of carboxylic acids is 1. The molecule has 4 nitrogen and oxygen atoms in total. The summed E-state index contributed by atoms with van der Waals surface area (Å²) in [4.78, 5) is 11.0. The number of carboxylic acid groups (broad SMARTS) is 1. The Labute approximate surface area is 127 Å². The fraction of sp³-hybridized carbons (Fsp3) is 0.111. The Bertz CT molecular complexity index is 928. The van der Waals surface area contributed by atoms with Gasteiger partial charge in [-0.3, -0.25) is 0 Å². The van der Waals surface area contributed by atoms with Crippen molar-refractivity contribution in [1.29, 1.82) is 5.26 Å². The summed E-state index contributed by atoms with van der Waals surface area (Å²) in [7, 11) is 0. The molecule has 1 heterocycles. The van der Waals surface area contributed by atoms with Crippen molar-refractivity contribution in [1.82, 2.24) is 4.57 Å². The molecule has 0 unspecified atom stereocenters. The first-order valence-electron chi connectivity index (χ1n) is 6.87. The molecule has 0 aliphatic carbocycles. The lowest BCUT2D eigenvalue weighted by Crippen LogP contribution is -1.97. The van der Waals surface area contributed by atoms with Gasteiger partial charge in [-0.1, -0.05) is 6.07 Å². The molecule has 0 amide bonds. The molecule has 0 saturated heterocycles. The van der Waals surface area contributed by atoms with Gasteiger partial charge in [0.1, 0.15) is 6.07 Å². The highest BCUT2D eigenvalue weighted by Crippen LogP contribution is 2.28. The van der Waals surface area contributed by atoms with Crippen LogP contribution in [0.3, 0.4) is 0 Å². The largest absolute Gasteiger partial charge is 0.478 e. The Morgan fingerprint density at radius 1 is 1.18 bits per heavy atom. The zero-order chi connectivity index (χ0) is 15.9. The first-order chi connectivity index (χ1) is 10.5. The number of nitriles is 1. The van der Waals surface area contributed by atoms with Crippen molar-refractivity contribution in [3.05, 3.63) is 64.8 Å². The molecule has 0 atom stereocenters. The van der Waals surface area contributed by atoms with Gasteiger partial charge in [-0.15, -0.1) is 0 Å². The van der Waals surface area contributed by atoms with E-state index in [0.717, 1.165) is 27.7 Å². The van der Waals surface area contributed by atoms with Crippen LogP contribution >= 0.6 is 0 Å². The first kappa shape index (κ1) is 13.9. The lowest BCUT2D eigenvalue weighted by Gasteiger charge is -2.07. The fourth-order valence-corrected chi connectivity index (χ4v) is 2.81. The average Bonchev–Trinajstić information content (AvgIpc) is 2.86. The standard InChI is InChI=1S/C18H14N2O2/c1-11-7-12(2)17-14(9-19)10-20(16(17)8-11)15-5-3-13(4-6-15)18(21)22/h3-8,10H,1-2H3,(H,21,22). The second-order valence-electron chi connectivity index (χ2n) is 5.35. The second kappa shape index (κ2) is 5.05. The number of carbonyl (C=O) groups is 1. The molecule has 0 fully saturated rings. The van der Waals surface area contributed by atoms with Crippen LogP contribution < -0.4 is 0 Å². The summed E-state index contributed by atoms with van der Waals surface area (Å²) >= 11 is 0. The number of rotatable bonds is 2. The number of aryl methyl sites for hydroxylation is 2. The lowest BCUT2D eigenvalue weighted by atomic mass is 10.1. The van der Waals surface area contributed by atoms with Crippen LogP contribution in [-0.4, -0.2) is 15.6 Å². The molecule has 22 heavy (non-hydrogen) atoms. The van der Waals surface area contributed by atoms with Crippen LogP contribution in [0.25, 0.3) is 16.6 Å². The van der Waals surface area contributed by atoms with Gasteiger partial charge >= 0.3 is 5.97 Å². The summed E-state index contributed by atoms with van der Waals surface area (Å²) < 4.78 is 1.93. The van der Waals surface area contributed by atoms with Gasteiger partial charge in [0.2, 0.25) is 0 Å². The molecule has 3 aromatic rings. The number of fused-ring (bicyclic) bond motifs is 1. The van der Waals surface area contributed by atoms with Crippen molar-refractivity contribution >= 4 is 16.9 Å². The fourth-order valence-electron chi connectivity index (χ4n) is 2.81. The van der Waals surface area contributed by atoms with Gasteiger partial charge in [0.05, 0.1) is 16.6 Å². The zero-order valence-corrected chi connectivity index (χ0v) is 12.3. The van der Waals surface area contributed by atoms with Gasteiger partial charge < -0.3 is 9.67 Å². The number of aromatic carboxylic acids is 1. The van der Waals surface area contributed by atoms with Crippen molar-refractivity contribution in [2.45, 2.75) is 13.8 Å². The highest BCUT2D eigenvalue weighted by molar-refractivity contribution is 5.92. The summed E-state index contributed by atoms with van der Waals surface area (Å²) in [6.45, 7) is 4.01. The smallest absolute Gasteiger partial charge is 0.335 e. The van der Waals surface area contributed by atoms with E-state index in [1.807, 2.05) is 24.5 Å². The van der Waals surface area contributed by atoms with Gasteiger partial charge in [0.25, 0.3) is 0 Å². The van der Waals surface area contributed by atoms with Crippen molar-refractivity contribution in [2.75, 3.05) is 0 Å². The van der Waals surface area contributed by atoms with E-state index in [1.165, 1.54) is 0 Å². The molecule has 2 aromatic carbocycles. The van der Waals surface area contributed by atoms with E-state index in [9.17, 15) is 10.1 Å². The third-order valence-corrected chi connectivity index (χ3v) is 3.76. The minimum absolute atomic E-state index is 0.244. The molecule has 0 radical (unpaired) electrons. The van der Waals surface area contributed by atoms with Gasteiger partial charge in [-0.25, -0.2) is 4.79 Å². The van der Waals surface area contributed by atoms with Crippen molar-refractivity contribution in [2.24, 2.45) is 0 Å². The molecule has 108 valence electrons. The summed E-state index contributed by atoms with van der Waals surface area (Å²) in [5.41, 5.74) is 4.84. The average molecular weight is 290 g/mol. The van der Waals surface area contributed by atoms with Crippen LogP contribution in [-0.2, 0) is 0 Å². The molecule has 4 heteroatoms. The topological polar surface area (TPSA) is 66.0 Å². The van der Waals surface area contributed by atoms with Crippen LogP contribution in [0.5, 0.6) is 0 Å². The molecular weight excluding hydrogens is 276 g/mol. The van der Waals surface area contributed by atoms with E-state index < -0.39 is 5.97 Å². The Morgan fingerprint density at radius 3 is 2.45 bits per heavy atom. The number of hydrogen-bond acceptors (Lipinski definition) is 2. The van der Waals surface area contributed by atoms with E-state index in [0.29, 0.717) is 5.56 Å². The molecule has 0 aliphatic heterocycles. The van der Waals surface area contributed by atoms with Crippen LogP contribution in [0.15, 0.2) is 42.6 Å². The number of aromatic nitrogens is 1. The molecule has 3 rings (SSSR count). The van der Waals surface area contributed by atoms with Gasteiger partial charge in [-0.2, -0.15) is 5.26 Å². The molecular formula is C18H14N2O2. The monoisotopic (exact) mass is 290 g/mol. The van der Waals surface area contributed by atoms with E-state index in [4.69, 9.17) is 5.11 Å². The van der Waals surface area contributed by atoms with Crippen LogP contribution in [0.2, 0.25) is 0 Å². The number of hydrogen-bond donors (Lipinski definition) is 1. The molecule has 0 aliphatic rings. The van der Waals surface area contributed by atoms with Crippen LogP contribution in [0.4, 0.5) is 0 Å². The predicted molar refractivity (Wildman–Crippen MR) is 84.4 cm³/mol. The minimum atomic E-state index is -0.951. The predicted octanol–water partition coefficient (Wildman–Crippen LogP) is 3.82. The Hall–Kier alpha value is -3.06. The molecule has 0 spiro atoms. The molecule has 1 N–H and O–H groups in total. The molecule has 0 bridgehead atoms. The third-order valence-electron chi connectivity index (χ3n) is 3.76. The van der Waals surface area contributed by atoms with Gasteiger partial charge in [0.15, 0.2) is 0 Å². The third kappa shape index (κ3) is 2.13. The van der Waals surface area contributed by atoms with E-state index >= 15 is 0 Å². The van der Waals surface area contributed by atoms with Gasteiger partial charge in [0, 0.05) is 17.3 Å². The van der Waals surface area contributed by atoms with E-state index in [2.05, 4.69) is 12.1 Å². The zero-order valence-electron chi connectivity index (χ0n) is 12.3. The van der Waals surface area contributed by atoms with E-state index in [1.54, 1.807) is 30.5 Å². The Balaban J connectivity index is 2.27. The second-order valence-corrected chi connectivity index (χ2v) is 5.35.